The molecule has 0 radical (unpaired) electrons. The van der Waals surface area contributed by atoms with Crippen LogP contribution in [-0.2, 0) is 0 Å². The first-order chi connectivity index (χ1) is 11.7. The summed E-state index contributed by atoms with van der Waals surface area (Å²) in [6, 6.07) is 9.10. The summed E-state index contributed by atoms with van der Waals surface area (Å²) in [4.78, 5) is 23.4. The smallest absolute Gasteiger partial charge is 0.305 e. The molecule has 1 fully saturated rings. The maximum Gasteiger partial charge on any atom is 0.326 e. The molecular weight excluding hydrogens is 307 g/mol. The Morgan fingerprint density at radius 1 is 1.08 bits per heavy atom. The predicted molar refractivity (Wildman–Crippen MR) is 89.3 cm³/mol. The number of pyridine rings is 2. The van der Waals surface area contributed by atoms with Gasteiger partial charge >= 0.3 is 5.69 Å². The second-order valence-corrected chi connectivity index (χ2v) is 6.15. The maximum absolute atomic E-state index is 13.0. The summed E-state index contributed by atoms with van der Waals surface area (Å²) in [6.45, 7) is 0. The lowest BCUT2D eigenvalue weighted by Gasteiger charge is -2.05. The van der Waals surface area contributed by atoms with Crippen molar-refractivity contribution in [3.63, 3.8) is 0 Å². The van der Waals surface area contributed by atoms with Crippen LogP contribution >= 0.6 is 0 Å². The molecular formula is C18H13FN4O. The van der Waals surface area contributed by atoms with Gasteiger partial charge in [-0.15, -0.1) is 0 Å². The van der Waals surface area contributed by atoms with Crippen LogP contribution in [0.3, 0.4) is 0 Å². The van der Waals surface area contributed by atoms with Crippen LogP contribution in [0.1, 0.15) is 18.9 Å². The van der Waals surface area contributed by atoms with E-state index in [0.717, 1.165) is 45.9 Å². The minimum atomic E-state index is -0.505. The molecule has 4 aromatic rings. The topological polar surface area (TPSA) is 63.6 Å². The van der Waals surface area contributed by atoms with Gasteiger partial charge in [0.25, 0.3) is 0 Å². The Kier molecular flexibility index (Phi) is 2.65. The normalized spacial score (nSPS) is 14.5. The Morgan fingerprint density at radius 2 is 1.92 bits per heavy atom. The molecule has 3 aromatic heterocycles. The number of aromatic nitrogens is 4. The fourth-order valence-corrected chi connectivity index (χ4v) is 3.19. The van der Waals surface area contributed by atoms with E-state index in [-0.39, 0.29) is 11.7 Å². The minimum Gasteiger partial charge on any atom is -0.305 e. The standard InChI is InChI=1S/C18H13FN4O/c19-16-6-2-11(8-21-16)10-1-5-14-13(7-10)17-15(9-20-14)23(12-3-4-12)18(24)22-17/h1-2,5-9,12H,3-4H2,(H,22,24). The van der Waals surface area contributed by atoms with E-state index >= 15 is 0 Å². The molecule has 0 amide bonds. The maximum atomic E-state index is 13.0. The van der Waals surface area contributed by atoms with E-state index < -0.39 is 5.95 Å². The average Bonchev–Trinajstić information content (AvgIpc) is 3.37. The van der Waals surface area contributed by atoms with Gasteiger partial charge in [-0.05, 0) is 42.7 Å². The molecule has 0 unspecified atom stereocenters. The van der Waals surface area contributed by atoms with Crippen LogP contribution in [0.2, 0.25) is 0 Å². The van der Waals surface area contributed by atoms with Crippen LogP contribution in [0, 0.1) is 5.95 Å². The van der Waals surface area contributed by atoms with E-state index in [1.165, 1.54) is 12.3 Å². The van der Waals surface area contributed by atoms with Gasteiger partial charge in [0.15, 0.2) is 0 Å². The Labute approximate surface area is 135 Å². The summed E-state index contributed by atoms with van der Waals surface area (Å²) in [5.74, 6) is -0.505. The summed E-state index contributed by atoms with van der Waals surface area (Å²) in [5.41, 5.74) is 4.09. The first kappa shape index (κ1) is 13.4. The van der Waals surface area contributed by atoms with Crippen LogP contribution in [0.4, 0.5) is 4.39 Å². The minimum absolute atomic E-state index is 0.0874. The van der Waals surface area contributed by atoms with Crippen molar-refractivity contribution in [3.05, 3.63) is 59.2 Å². The number of nitrogens with one attached hydrogen (secondary N) is 1. The Hall–Kier alpha value is -3.02. The van der Waals surface area contributed by atoms with Crippen LogP contribution in [0.25, 0.3) is 33.1 Å². The zero-order valence-corrected chi connectivity index (χ0v) is 12.7. The molecule has 5 nitrogen and oxygen atoms in total. The molecule has 1 aliphatic carbocycles. The Morgan fingerprint density at radius 3 is 2.67 bits per heavy atom. The predicted octanol–water partition coefficient (Wildman–Crippen LogP) is 3.41. The molecule has 1 aliphatic rings. The third-order valence-electron chi connectivity index (χ3n) is 4.53. The second kappa shape index (κ2) is 4.74. The monoisotopic (exact) mass is 320 g/mol. The first-order valence-electron chi connectivity index (χ1n) is 7.85. The van der Waals surface area contributed by atoms with Gasteiger partial charge in [0, 0.05) is 23.2 Å². The summed E-state index contributed by atoms with van der Waals surface area (Å²) >= 11 is 0. The number of halogens is 1. The van der Waals surface area contributed by atoms with Gasteiger partial charge in [-0.2, -0.15) is 4.39 Å². The summed E-state index contributed by atoms with van der Waals surface area (Å²) in [5, 5.41) is 0.880. The largest absolute Gasteiger partial charge is 0.326 e. The van der Waals surface area contributed by atoms with E-state index in [9.17, 15) is 9.18 Å². The highest BCUT2D eigenvalue weighted by atomic mass is 19.1. The molecule has 0 bridgehead atoms. The fourth-order valence-electron chi connectivity index (χ4n) is 3.19. The zero-order chi connectivity index (χ0) is 16.3. The SMILES string of the molecule is O=c1[nH]c2c3cc(-c4ccc(F)nc4)ccc3ncc2n1C1CC1. The zero-order valence-electron chi connectivity index (χ0n) is 12.7. The molecule has 0 saturated heterocycles. The van der Waals surface area contributed by atoms with Crippen LogP contribution in [0.15, 0.2) is 47.5 Å². The van der Waals surface area contributed by atoms with Crippen molar-refractivity contribution >= 4 is 21.9 Å². The summed E-state index contributed by atoms with van der Waals surface area (Å²) in [6.07, 6.45) is 5.33. The molecule has 1 saturated carbocycles. The van der Waals surface area contributed by atoms with Crippen molar-refractivity contribution in [1.82, 2.24) is 19.5 Å². The number of H-pyrrole nitrogens is 1. The number of imidazole rings is 1. The van der Waals surface area contributed by atoms with E-state index in [1.807, 2.05) is 18.2 Å². The number of aromatic amines is 1. The van der Waals surface area contributed by atoms with Gasteiger partial charge in [0.05, 0.1) is 22.7 Å². The van der Waals surface area contributed by atoms with Crippen LogP contribution in [0.5, 0.6) is 0 Å². The van der Waals surface area contributed by atoms with Gasteiger partial charge in [-0.3, -0.25) is 9.55 Å². The number of benzene rings is 1. The lowest BCUT2D eigenvalue weighted by atomic mass is 10.0. The average molecular weight is 320 g/mol. The highest BCUT2D eigenvalue weighted by molar-refractivity contribution is 6.03. The second-order valence-electron chi connectivity index (χ2n) is 6.15. The van der Waals surface area contributed by atoms with Crippen molar-refractivity contribution in [2.45, 2.75) is 18.9 Å². The molecule has 5 rings (SSSR count). The molecule has 3 heterocycles. The van der Waals surface area contributed by atoms with Gasteiger partial charge in [-0.25, -0.2) is 9.78 Å². The summed E-state index contributed by atoms with van der Waals surface area (Å²) < 4.78 is 14.8. The van der Waals surface area contributed by atoms with Gasteiger partial charge in [-0.1, -0.05) is 6.07 Å². The van der Waals surface area contributed by atoms with E-state index in [1.54, 1.807) is 16.8 Å². The Bertz CT molecular complexity index is 1140. The molecule has 0 spiro atoms. The molecule has 1 aromatic carbocycles. The van der Waals surface area contributed by atoms with Crippen molar-refractivity contribution in [1.29, 1.82) is 0 Å². The number of rotatable bonds is 2. The van der Waals surface area contributed by atoms with Crippen molar-refractivity contribution in [2.24, 2.45) is 0 Å². The van der Waals surface area contributed by atoms with Crippen LogP contribution in [-0.4, -0.2) is 19.5 Å². The number of fused-ring (bicyclic) bond motifs is 3. The molecule has 0 aliphatic heterocycles. The molecule has 24 heavy (non-hydrogen) atoms. The third-order valence-corrected chi connectivity index (χ3v) is 4.53. The lowest BCUT2D eigenvalue weighted by Crippen LogP contribution is -2.14. The van der Waals surface area contributed by atoms with Gasteiger partial charge in [0.2, 0.25) is 5.95 Å². The fraction of sp³-hybridized carbons (Fsp3) is 0.167. The van der Waals surface area contributed by atoms with Gasteiger partial charge < -0.3 is 4.98 Å². The molecule has 1 N–H and O–H groups in total. The molecule has 6 heteroatoms. The van der Waals surface area contributed by atoms with Crippen molar-refractivity contribution < 1.29 is 4.39 Å². The van der Waals surface area contributed by atoms with E-state index in [2.05, 4.69) is 15.0 Å². The molecule has 118 valence electrons. The van der Waals surface area contributed by atoms with Crippen molar-refractivity contribution in [2.75, 3.05) is 0 Å². The Balaban J connectivity index is 1.78. The number of nitrogens with zero attached hydrogens (tertiary/aromatic N) is 3. The number of hydrogen-bond donors (Lipinski definition) is 1. The number of hydrogen-bond acceptors (Lipinski definition) is 3. The van der Waals surface area contributed by atoms with E-state index in [0.29, 0.717) is 0 Å². The first-order valence-corrected chi connectivity index (χ1v) is 7.85. The highest BCUT2D eigenvalue weighted by Gasteiger charge is 2.27. The lowest BCUT2D eigenvalue weighted by molar-refractivity contribution is 0.584. The molecule has 0 atom stereocenters. The van der Waals surface area contributed by atoms with E-state index in [4.69, 9.17) is 0 Å². The third kappa shape index (κ3) is 1.96. The highest BCUT2D eigenvalue weighted by Crippen LogP contribution is 2.36. The summed E-state index contributed by atoms with van der Waals surface area (Å²) in [7, 11) is 0. The quantitative estimate of drug-likeness (QED) is 0.576. The van der Waals surface area contributed by atoms with Crippen molar-refractivity contribution in [3.8, 4) is 11.1 Å². The van der Waals surface area contributed by atoms with Gasteiger partial charge in [0.1, 0.15) is 0 Å². The van der Waals surface area contributed by atoms with Crippen LogP contribution < -0.4 is 5.69 Å².